The molecule has 0 radical (unpaired) electrons. The van der Waals surface area contributed by atoms with Crippen LogP contribution in [0.25, 0.3) is 22.4 Å². The second-order valence-electron chi connectivity index (χ2n) is 6.54. The van der Waals surface area contributed by atoms with E-state index in [0.29, 0.717) is 35.2 Å². The molecule has 3 rings (SSSR count). The SMILES string of the molecule is CCCC(CNC(=O)c1cc(-c2ccc(F)cc2)nc2onc(C)c12)C(=O)O. The topological polar surface area (TPSA) is 105 Å². The molecule has 28 heavy (non-hydrogen) atoms. The Bertz CT molecular complexity index is 1010. The van der Waals surface area contributed by atoms with Crippen LogP contribution >= 0.6 is 0 Å². The lowest BCUT2D eigenvalue weighted by molar-refractivity contribution is -0.141. The van der Waals surface area contributed by atoms with Gasteiger partial charge in [-0.15, -0.1) is 0 Å². The monoisotopic (exact) mass is 385 g/mol. The number of carbonyl (C=O) groups is 2. The van der Waals surface area contributed by atoms with Gasteiger partial charge < -0.3 is 14.9 Å². The molecule has 0 aliphatic heterocycles. The van der Waals surface area contributed by atoms with Gasteiger partial charge in [-0.2, -0.15) is 0 Å². The predicted molar refractivity (Wildman–Crippen MR) is 100 cm³/mol. The lowest BCUT2D eigenvalue weighted by Crippen LogP contribution is -2.33. The number of nitrogens with zero attached hydrogens (tertiary/aromatic N) is 2. The van der Waals surface area contributed by atoms with Crippen LogP contribution in [0.4, 0.5) is 4.39 Å². The van der Waals surface area contributed by atoms with Gasteiger partial charge in [0.2, 0.25) is 0 Å². The maximum absolute atomic E-state index is 13.2. The van der Waals surface area contributed by atoms with Gasteiger partial charge in [0.15, 0.2) is 0 Å². The van der Waals surface area contributed by atoms with Crippen LogP contribution in [0.5, 0.6) is 0 Å². The molecule has 0 aliphatic rings. The van der Waals surface area contributed by atoms with E-state index >= 15 is 0 Å². The summed E-state index contributed by atoms with van der Waals surface area (Å²) in [6.45, 7) is 3.60. The van der Waals surface area contributed by atoms with E-state index in [9.17, 15) is 19.1 Å². The quantitative estimate of drug-likeness (QED) is 0.644. The van der Waals surface area contributed by atoms with Crippen molar-refractivity contribution in [2.75, 3.05) is 6.54 Å². The van der Waals surface area contributed by atoms with Crippen LogP contribution in [0.15, 0.2) is 34.9 Å². The number of nitrogens with one attached hydrogen (secondary N) is 1. The van der Waals surface area contributed by atoms with E-state index in [-0.39, 0.29) is 23.6 Å². The van der Waals surface area contributed by atoms with E-state index in [1.54, 1.807) is 25.1 Å². The number of carboxylic acid groups (broad SMARTS) is 1. The van der Waals surface area contributed by atoms with Gasteiger partial charge in [0, 0.05) is 12.1 Å². The number of aliphatic carboxylic acids is 1. The van der Waals surface area contributed by atoms with Crippen molar-refractivity contribution in [2.24, 2.45) is 5.92 Å². The molecule has 0 bridgehead atoms. The van der Waals surface area contributed by atoms with Crippen LogP contribution in [0.2, 0.25) is 0 Å². The molecule has 7 nitrogen and oxygen atoms in total. The van der Waals surface area contributed by atoms with Crippen LogP contribution in [-0.4, -0.2) is 33.7 Å². The number of aryl methyl sites for hydroxylation is 1. The summed E-state index contributed by atoms with van der Waals surface area (Å²) in [5.41, 5.74) is 2.01. The lowest BCUT2D eigenvalue weighted by Gasteiger charge is -2.13. The largest absolute Gasteiger partial charge is 0.481 e. The molecule has 2 heterocycles. The normalized spacial score (nSPS) is 12.1. The van der Waals surface area contributed by atoms with Crippen molar-refractivity contribution in [3.8, 4) is 11.3 Å². The minimum Gasteiger partial charge on any atom is -0.481 e. The smallest absolute Gasteiger partial charge is 0.308 e. The minimum absolute atomic E-state index is 0.0159. The zero-order valence-electron chi connectivity index (χ0n) is 15.5. The van der Waals surface area contributed by atoms with Gasteiger partial charge in [0.1, 0.15) is 5.82 Å². The number of hydrogen-bond acceptors (Lipinski definition) is 5. The molecule has 3 aromatic rings. The molecule has 1 aromatic carbocycles. The number of carbonyl (C=O) groups excluding carboxylic acids is 1. The fourth-order valence-corrected chi connectivity index (χ4v) is 3.01. The van der Waals surface area contributed by atoms with Crippen molar-refractivity contribution in [3.63, 3.8) is 0 Å². The summed E-state index contributed by atoms with van der Waals surface area (Å²) in [4.78, 5) is 28.5. The maximum atomic E-state index is 13.2. The highest BCUT2D eigenvalue weighted by atomic mass is 19.1. The zero-order chi connectivity index (χ0) is 20.3. The summed E-state index contributed by atoms with van der Waals surface area (Å²) < 4.78 is 18.4. The Morgan fingerprint density at radius 1 is 1.29 bits per heavy atom. The van der Waals surface area contributed by atoms with Gasteiger partial charge >= 0.3 is 5.97 Å². The molecule has 1 atom stereocenters. The van der Waals surface area contributed by atoms with E-state index in [1.807, 2.05) is 6.92 Å². The first kappa shape index (κ1) is 19.5. The van der Waals surface area contributed by atoms with Crippen molar-refractivity contribution < 1.29 is 23.6 Å². The Balaban J connectivity index is 1.96. The van der Waals surface area contributed by atoms with Crippen molar-refractivity contribution in [3.05, 3.63) is 47.4 Å². The standard InChI is InChI=1S/C20H20FN3O4/c1-3-4-13(20(26)27)10-22-18(25)15-9-16(12-5-7-14(21)8-6-12)23-19-17(15)11(2)24-28-19/h5-9,13H,3-4,10H2,1-2H3,(H,22,25)(H,26,27). The van der Waals surface area contributed by atoms with E-state index in [1.165, 1.54) is 12.1 Å². The first-order chi connectivity index (χ1) is 13.4. The van der Waals surface area contributed by atoms with E-state index in [2.05, 4.69) is 15.5 Å². The summed E-state index contributed by atoms with van der Waals surface area (Å²) in [6, 6.07) is 7.28. The third-order valence-electron chi connectivity index (χ3n) is 4.50. The summed E-state index contributed by atoms with van der Waals surface area (Å²) in [5.74, 6) is -2.43. The summed E-state index contributed by atoms with van der Waals surface area (Å²) in [7, 11) is 0. The number of rotatable bonds is 7. The Kier molecular flexibility index (Phi) is 5.67. The van der Waals surface area contributed by atoms with Crippen LogP contribution in [0.3, 0.4) is 0 Å². The van der Waals surface area contributed by atoms with Crippen LogP contribution in [-0.2, 0) is 4.79 Å². The van der Waals surface area contributed by atoms with Crippen molar-refractivity contribution in [2.45, 2.75) is 26.7 Å². The zero-order valence-corrected chi connectivity index (χ0v) is 15.5. The van der Waals surface area contributed by atoms with Crippen molar-refractivity contribution in [1.29, 1.82) is 0 Å². The molecule has 1 unspecified atom stereocenters. The summed E-state index contributed by atoms with van der Waals surface area (Å²) >= 11 is 0. The van der Waals surface area contributed by atoms with Crippen LogP contribution in [0.1, 0.15) is 35.8 Å². The Morgan fingerprint density at radius 3 is 2.64 bits per heavy atom. The highest BCUT2D eigenvalue weighted by Gasteiger charge is 2.22. The molecule has 146 valence electrons. The summed E-state index contributed by atoms with van der Waals surface area (Å²) in [5, 5.41) is 16.3. The van der Waals surface area contributed by atoms with Gasteiger partial charge in [0.05, 0.1) is 28.3 Å². The third-order valence-corrected chi connectivity index (χ3v) is 4.50. The lowest BCUT2D eigenvalue weighted by atomic mass is 10.0. The van der Waals surface area contributed by atoms with Gasteiger partial charge in [-0.05, 0) is 43.7 Å². The van der Waals surface area contributed by atoms with Gasteiger partial charge in [-0.3, -0.25) is 9.59 Å². The van der Waals surface area contributed by atoms with Gasteiger partial charge in [-0.1, -0.05) is 18.5 Å². The second kappa shape index (κ2) is 8.16. The molecular weight excluding hydrogens is 365 g/mol. The highest BCUT2D eigenvalue weighted by molar-refractivity contribution is 6.07. The molecule has 2 aromatic heterocycles. The molecule has 0 aliphatic carbocycles. The molecule has 0 saturated heterocycles. The first-order valence-corrected chi connectivity index (χ1v) is 8.94. The second-order valence-corrected chi connectivity index (χ2v) is 6.54. The minimum atomic E-state index is -0.949. The number of aromatic nitrogens is 2. The molecular formula is C20H20FN3O4. The molecule has 0 saturated carbocycles. The van der Waals surface area contributed by atoms with E-state index < -0.39 is 17.8 Å². The number of benzene rings is 1. The molecule has 0 fully saturated rings. The molecule has 0 spiro atoms. The number of carboxylic acids is 1. The summed E-state index contributed by atoms with van der Waals surface area (Å²) in [6.07, 6.45) is 1.17. The third kappa shape index (κ3) is 4.00. The average Bonchev–Trinajstić information content (AvgIpc) is 3.05. The molecule has 8 heteroatoms. The predicted octanol–water partition coefficient (Wildman–Crippen LogP) is 3.57. The van der Waals surface area contributed by atoms with Crippen LogP contribution in [0, 0.1) is 18.7 Å². The van der Waals surface area contributed by atoms with E-state index in [4.69, 9.17) is 4.52 Å². The first-order valence-electron chi connectivity index (χ1n) is 8.94. The number of halogens is 1. The fraction of sp³-hybridized carbons (Fsp3) is 0.300. The molecule has 2 N–H and O–H groups in total. The number of fused-ring (bicyclic) bond motifs is 1. The van der Waals surface area contributed by atoms with Gasteiger partial charge in [0.25, 0.3) is 11.6 Å². The number of amides is 1. The van der Waals surface area contributed by atoms with Gasteiger partial charge in [-0.25, -0.2) is 9.37 Å². The molecule has 1 amide bonds. The fourth-order valence-electron chi connectivity index (χ4n) is 3.01. The number of hydrogen-bond donors (Lipinski definition) is 2. The Labute approximate surface area is 160 Å². The Morgan fingerprint density at radius 2 is 2.00 bits per heavy atom. The highest BCUT2D eigenvalue weighted by Crippen LogP contribution is 2.27. The van der Waals surface area contributed by atoms with Crippen LogP contribution < -0.4 is 5.32 Å². The Hall–Kier alpha value is -3.29. The number of pyridine rings is 1. The maximum Gasteiger partial charge on any atom is 0.308 e. The average molecular weight is 385 g/mol. The van der Waals surface area contributed by atoms with E-state index in [0.717, 1.165) is 0 Å². The van der Waals surface area contributed by atoms with Crippen molar-refractivity contribution in [1.82, 2.24) is 15.5 Å². The van der Waals surface area contributed by atoms with Crippen molar-refractivity contribution >= 4 is 23.0 Å².